The molecule has 0 bridgehead atoms. The molecule has 0 fully saturated rings. The van der Waals surface area contributed by atoms with Gasteiger partial charge in [0.2, 0.25) is 0 Å². The third-order valence-electron chi connectivity index (χ3n) is 3.80. The van der Waals surface area contributed by atoms with Crippen molar-refractivity contribution < 1.29 is 24.0 Å². The van der Waals surface area contributed by atoms with Gasteiger partial charge in [0, 0.05) is 17.5 Å². The lowest BCUT2D eigenvalue weighted by Gasteiger charge is -2.22. The highest BCUT2D eigenvalue weighted by molar-refractivity contribution is 6.34. The van der Waals surface area contributed by atoms with Gasteiger partial charge < -0.3 is 10.1 Å². The highest BCUT2D eigenvalue weighted by Crippen LogP contribution is 2.23. The summed E-state index contributed by atoms with van der Waals surface area (Å²) in [7, 11) is 0. The third kappa shape index (κ3) is 6.32. The van der Waals surface area contributed by atoms with Crippen molar-refractivity contribution in [3.8, 4) is 0 Å². The predicted octanol–water partition coefficient (Wildman–Crippen LogP) is 3.16. The minimum absolute atomic E-state index is 0.00788. The van der Waals surface area contributed by atoms with Gasteiger partial charge in [0.1, 0.15) is 6.04 Å². The Morgan fingerprint density at radius 2 is 1.85 bits per heavy atom. The van der Waals surface area contributed by atoms with E-state index in [1.54, 1.807) is 34.6 Å². The Kier molecular flexibility index (Phi) is 7.47. The van der Waals surface area contributed by atoms with Gasteiger partial charge in [0.05, 0.1) is 15.5 Å². The number of halogens is 1. The van der Waals surface area contributed by atoms with Crippen LogP contribution in [0.3, 0.4) is 0 Å². The van der Waals surface area contributed by atoms with Crippen molar-refractivity contribution in [1.82, 2.24) is 5.32 Å². The maximum Gasteiger partial charge on any atom is 0.329 e. The van der Waals surface area contributed by atoms with Crippen molar-refractivity contribution in [2.75, 3.05) is 6.61 Å². The van der Waals surface area contributed by atoms with Crippen molar-refractivity contribution in [3.05, 3.63) is 38.9 Å². The summed E-state index contributed by atoms with van der Waals surface area (Å²) in [6.07, 6.45) is 0. The average Bonchev–Trinajstić information content (AvgIpc) is 2.55. The molecule has 0 radical (unpaired) electrons. The maximum atomic E-state index is 12.4. The van der Waals surface area contributed by atoms with Crippen molar-refractivity contribution in [2.24, 2.45) is 11.3 Å². The van der Waals surface area contributed by atoms with Crippen LogP contribution in [0.4, 0.5) is 5.69 Å². The van der Waals surface area contributed by atoms with Crippen LogP contribution >= 0.6 is 11.6 Å². The Morgan fingerprint density at radius 1 is 1.26 bits per heavy atom. The first kappa shape index (κ1) is 22.6. The summed E-state index contributed by atoms with van der Waals surface area (Å²) in [5.74, 6) is -1.98. The number of carbonyl (C=O) groups excluding carboxylic acids is 3. The van der Waals surface area contributed by atoms with Gasteiger partial charge >= 0.3 is 5.97 Å². The van der Waals surface area contributed by atoms with E-state index in [0.717, 1.165) is 12.1 Å². The van der Waals surface area contributed by atoms with Crippen LogP contribution in [-0.2, 0) is 14.3 Å². The molecule has 1 atom stereocenters. The van der Waals surface area contributed by atoms with Gasteiger partial charge in [-0.2, -0.15) is 0 Å². The Labute approximate surface area is 162 Å². The smallest absolute Gasteiger partial charge is 0.329 e. The number of nitro groups is 1. The minimum atomic E-state index is -1.00. The second-order valence-electron chi connectivity index (χ2n) is 7.40. The zero-order valence-electron chi connectivity index (χ0n) is 15.9. The van der Waals surface area contributed by atoms with Gasteiger partial charge in [0.15, 0.2) is 12.4 Å². The average molecular weight is 399 g/mol. The number of nitro benzene ring substituents is 1. The topological polar surface area (TPSA) is 116 Å². The lowest BCUT2D eigenvalue weighted by Crippen LogP contribution is -2.46. The number of nitrogens with one attached hydrogen (secondary N) is 1. The van der Waals surface area contributed by atoms with Crippen LogP contribution < -0.4 is 5.32 Å². The van der Waals surface area contributed by atoms with Crippen molar-refractivity contribution in [1.29, 1.82) is 0 Å². The van der Waals surface area contributed by atoms with Crippen LogP contribution in [-0.4, -0.2) is 35.2 Å². The van der Waals surface area contributed by atoms with Gasteiger partial charge in [-0.1, -0.05) is 46.2 Å². The van der Waals surface area contributed by atoms with Gasteiger partial charge in [-0.3, -0.25) is 19.7 Å². The van der Waals surface area contributed by atoms with E-state index < -0.39 is 28.3 Å². The second kappa shape index (κ2) is 8.94. The number of ketones is 1. The van der Waals surface area contributed by atoms with E-state index in [4.69, 9.17) is 16.3 Å². The number of non-ortho nitro benzene ring substituents is 1. The van der Waals surface area contributed by atoms with Crippen LogP contribution in [0.25, 0.3) is 0 Å². The molecular formula is C18H23ClN2O6. The lowest BCUT2D eigenvalue weighted by atomic mass is 9.91. The van der Waals surface area contributed by atoms with Gasteiger partial charge in [-0.05, 0) is 12.0 Å². The molecule has 27 heavy (non-hydrogen) atoms. The largest absolute Gasteiger partial charge is 0.456 e. The molecule has 9 heteroatoms. The molecule has 1 N–H and O–H groups in total. The lowest BCUT2D eigenvalue weighted by molar-refractivity contribution is -0.384. The number of rotatable bonds is 7. The molecule has 0 saturated heterocycles. The van der Waals surface area contributed by atoms with Gasteiger partial charge in [0.25, 0.3) is 11.6 Å². The van der Waals surface area contributed by atoms with E-state index in [0.29, 0.717) is 0 Å². The Hall–Kier alpha value is -2.48. The maximum absolute atomic E-state index is 12.4. The van der Waals surface area contributed by atoms with Crippen molar-refractivity contribution in [3.63, 3.8) is 0 Å². The molecule has 148 valence electrons. The zero-order valence-corrected chi connectivity index (χ0v) is 16.6. The predicted molar refractivity (Wildman–Crippen MR) is 99.6 cm³/mol. The Morgan fingerprint density at radius 3 is 2.30 bits per heavy atom. The summed E-state index contributed by atoms with van der Waals surface area (Å²) >= 11 is 5.94. The molecular weight excluding hydrogens is 376 g/mol. The number of Topliss-reactive ketones (excluding diaryl/α,β-unsaturated/α-hetero) is 1. The summed E-state index contributed by atoms with van der Waals surface area (Å²) < 4.78 is 5.05. The first-order valence-corrected chi connectivity index (χ1v) is 8.67. The highest BCUT2D eigenvalue weighted by Gasteiger charge is 2.29. The second-order valence-corrected chi connectivity index (χ2v) is 7.80. The number of esters is 1. The van der Waals surface area contributed by atoms with E-state index in [1.165, 1.54) is 6.07 Å². The van der Waals surface area contributed by atoms with E-state index in [9.17, 15) is 24.5 Å². The SMILES string of the molecule is CC(C)[C@H](NC(=O)c1ccc([N+](=O)[O-])cc1Cl)C(=O)OCC(=O)C(C)(C)C. The first-order valence-electron chi connectivity index (χ1n) is 8.29. The molecule has 0 spiro atoms. The normalized spacial score (nSPS) is 12.4. The number of hydrogen-bond donors (Lipinski definition) is 1. The van der Waals surface area contributed by atoms with E-state index >= 15 is 0 Å². The molecule has 1 amide bonds. The van der Waals surface area contributed by atoms with Crippen LogP contribution in [0.1, 0.15) is 45.0 Å². The molecule has 0 heterocycles. The number of benzene rings is 1. The van der Waals surface area contributed by atoms with Crippen molar-refractivity contribution in [2.45, 2.75) is 40.7 Å². The first-order chi connectivity index (χ1) is 12.3. The molecule has 1 aromatic rings. The Bertz CT molecular complexity index is 755. The molecule has 0 aliphatic rings. The molecule has 0 aliphatic heterocycles. The quantitative estimate of drug-likeness (QED) is 0.428. The molecule has 0 saturated carbocycles. The van der Waals surface area contributed by atoms with Gasteiger partial charge in [-0.15, -0.1) is 0 Å². The molecule has 1 rings (SSSR count). The van der Waals surface area contributed by atoms with E-state index in [-0.39, 0.29) is 34.6 Å². The Balaban J connectivity index is 2.88. The van der Waals surface area contributed by atoms with Gasteiger partial charge in [-0.25, -0.2) is 4.79 Å². The standard InChI is InChI=1S/C18H23ClN2O6/c1-10(2)15(17(24)27-9-14(22)18(3,4)5)20-16(23)12-7-6-11(21(25)26)8-13(12)19/h6-8,10,15H,9H2,1-5H3,(H,20,23)/t15-/m0/s1. The molecule has 8 nitrogen and oxygen atoms in total. The van der Waals surface area contributed by atoms with Crippen LogP contribution in [0.15, 0.2) is 18.2 Å². The molecule has 1 aromatic carbocycles. The fourth-order valence-corrected chi connectivity index (χ4v) is 2.22. The molecule has 0 aliphatic carbocycles. The third-order valence-corrected chi connectivity index (χ3v) is 4.11. The van der Waals surface area contributed by atoms with Crippen LogP contribution in [0.2, 0.25) is 5.02 Å². The summed E-state index contributed by atoms with van der Waals surface area (Å²) in [6, 6.07) is 2.41. The summed E-state index contributed by atoms with van der Waals surface area (Å²) in [5.41, 5.74) is -0.910. The summed E-state index contributed by atoms with van der Waals surface area (Å²) in [6.45, 7) is 8.15. The number of amides is 1. The zero-order chi connectivity index (χ0) is 20.9. The highest BCUT2D eigenvalue weighted by atomic mass is 35.5. The summed E-state index contributed by atoms with van der Waals surface area (Å²) in [4.78, 5) is 46.7. The number of ether oxygens (including phenoxy) is 1. The van der Waals surface area contributed by atoms with E-state index in [1.807, 2.05) is 0 Å². The minimum Gasteiger partial charge on any atom is -0.456 e. The molecule has 0 aromatic heterocycles. The number of hydrogen-bond acceptors (Lipinski definition) is 6. The number of carbonyl (C=O) groups is 3. The van der Waals surface area contributed by atoms with Crippen LogP contribution in [0, 0.1) is 21.4 Å². The fourth-order valence-electron chi connectivity index (χ4n) is 1.96. The van der Waals surface area contributed by atoms with Crippen LogP contribution in [0.5, 0.6) is 0 Å². The van der Waals surface area contributed by atoms with E-state index in [2.05, 4.69) is 5.32 Å². The molecule has 0 unspecified atom stereocenters. The number of nitrogens with zero attached hydrogens (tertiary/aromatic N) is 1. The van der Waals surface area contributed by atoms with Crippen molar-refractivity contribution >= 4 is 34.9 Å². The fraction of sp³-hybridized carbons (Fsp3) is 0.500. The summed E-state index contributed by atoms with van der Waals surface area (Å²) in [5, 5.41) is 13.1. The monoisotopic (exact) mass is 398 g/mol.